The van der Waals surface area contributed by atoms with E-state index in [1.165, 1.54) is 4.90 Å². The van der Waals surface area contributed by atoms with E-state index in [9.17, 15) is 14.7 Å². The second-order valence-corrected chi connectivity index (χ2v) is 8.84. The molecule has 1 saturated heterocycles. The standard InChI is InChI=1S/C28H33N3O6/c1-6-36-20-12-11-19(16-21(20)37-7-2)24-22(26(33)28(34)31(24)14-9-15-35-5)25(32)23-18(4)30-13-8-10-17(3)27(30)29-23/h8,10-13,16,24,32H,6-7,9,14-15H2,1-5H3/b25-22+. The molecule has 1 aliphatic rings. The molecule has 1 fully saturated rings. The molecule has 4 rings (SSSR count). The Morgan fingerprint density at radius 2 is 1.81 bits per heavy atom. The van der Waals surface area contributed by atoms with Gasteiger partial charge in [-0.1, -0.05) is 12.1 Å². The summed E-state index contributed by atoms with van der Waals surface area (Å²) >= 11 is 0. The molecule has 0 radical (unpaired) electrons. The first-order valence-corrected chi connectivity index (χ1v) is 12.4. The number of aliphatic hydroxyl groups excluding tert-OH is 1. The maximum Gasteiger partial charge on any atom is 0.295 e. The van der Waals surface area contributed by atoms with Crippen LogP contribution in [0, 0.1) is 13.8 Å². The number of methoxy groups -OCH3 is 1. The summed E-state index contributed by atoms with van der Waals surface area (Å²) in [7, 11) is 1.58. The van der Waals surface area contributed by atoms with Gasteiger partial charge in [0.2, 0.25) is 0 Å². The first-order chi connectivity index (χ1) is 17.8. The Morgan fingerprint density at radius 1 is 1.08 bits per heavy atom. The number of likely N-dealkylation sites (tertiary alicyclic amines) is 1. The summed E-state index contributed by atoms with van der Waals surface area (Å²) in [6.45, 7) is 9.07. The van der Waals surface area contributed by atoms with Gasteiger partial charge in [-0.25, -0.2) is 4.98 Å². The van der Waals surface area contributed by atoms with Crippen LogP contribution in [0.2, 0.25) is 0 Å². The lowest BCUT2D eigenvalue weighted by molar-refractivity contribution is -0.140. The summed E-state index contributed by atoms with van der Waals surface area (Å²) in [5.41, 5.74) is 3.16. The number of ether oxygens (including phenoxy) is 3. The average molecular weight is 508 g/mol. The molecule has 2 aromatic heterocycles. The zero-order valence-electron chi connectivity index (χ0n) is 21.9. The Morgan fingerprint density at radius 3 is 2.49 bits per heavy atom. The zero-order chi connectivity index (χ0) is 26.7. The lowest BCUT2D eigenvalue weighted by Gasteiger charge is -2.26. The van der Waals surface area contributed by atoms with E-state index in [0.29, 0.717) is 54.6 Å². The highest BCUT2D eigenvalue weighted by molar-refractivity contribution is 6.46. The second kappa shape index (κ2) is 11.0. The molecule has 1 atom stereocenters. The molecule has 1 aromatic carbocycles. The highest BCUT2D eigenvalue weighted by atomic mass is 16.5. The quantitative estimate of drug-likeness (QED) is 0.190. The first-order valence-electron chi connectivity index (χ1n) is 12.4. The normalized spacial score (nSPS) is 17.1. The van der Waals surface area contributed by atoms with Crippen molar-refractivity contribution in [3.05, 3.63) is 64.6 Å². The Bertz CT molecular complexity index is 1360. The van der Waals surface area contributed by atoms with Gasteiger partial charge in [-0.2, -0.15) is 0 Å². The third kappa shape index (κ3) is 4.79. The maximum absolute atomic E-state index is 13.4. The van der Waals surface area contributed by atoms with Crippen molar-refractivity contribution in [1.82, 2.24) is 14.3 Å². The summed E-state index contributed by atoms with van der Waals surface area (Å²) in [6, 6.07) is 8.32. The van der Waals surface area contributed by atoms with Gasteiger partial charge in [-0.15, -0.1) is 0 Å². The lowest BCUT2D eigenvalue weighted by Crippen LogP contribution is -2.31. The smallest absolute Gasteiger partial charge is 0.295 e. The summed E-state index contributed by atoms with van der Waals surface area (Å²) < 4.78 is 18.5. The highest BCUT2D eigenvalue weighted by Gasteiger charge is 2.46. The fourth-order valence-electron chi connectivity index (χ4n) is 4.75. The van der Waals surface area contributed by atoms with Gasteiger partial charge in [-0.3, -0.25) is 9.59 Å². The van der Waals surface area contributed by atoms with E-state index in [1.54, 1.807) is 25.3 Å². The number of fused-ring (bicyclic) bond motifs is 1. The second-order valence-electron chi connectivity index (χ2n) is 8.84. The fraction of sp³-hybridized carbons (Fsp3) is 0.393. The number of carbonyl (C=O) groups is 2. The number of carbonyl (C=O) groups excluding carboxylic acids is 2. The number of rotatable bonds is 10. The van der Waals surface area contributed by atoms with E-state index in [1.807, 2.05) is 50.4 Å². The van der Waals surface area contributed by atoms with E-state index in [-0.39, 0.29) is 23.6 Å². The van der Waals surface area contributed by atoms with Crippen LogP contribution in [0.1, 0.15) is 48.8 Å². The summed E-state index contributed by atoms with van der Waals surface area (Å²) in [6.07, 6.45) is 2.38. The van der Waals surface area contributed by atoms with E-state index >= 15 is 0 Å². The summed E-state index contributed by atoms with van der Waals surface area (Å²) in [4.78, 5) is 32.7. The Hall–Kier alpha value is -3.85. The van der Waals surface area contributed by atoms with Gasteiger partial charge in [0.05, 0.1) is 30.5 Å². The molecule has 0 saturated carbocycles. The number of imidazole rings is 1. The molecule has 1 aliphatic heterocycles. The molecular formula is C28H33N3O6. The van der Waals surface area contributed by atoms with E-state index in [0.717, 1.165) is 5.56 Å². The number of aliphatic hydroxyl groups is 1. The van der Waals surface area contributed by atoms with Gasteiger partial charge < -0.3 is 28.6 Å². The van der Waals surface area contributed by atoms with E-state index in [2.05, 4.69) is 4.98 Å². The molecule has 0 bridgehead atoms. The number of nitrogens with zero attached hydrogens (tertiary/aromatic N) is 3. The molecule has 37 heavy (non-hydrogen) atoms. The van der Waals surface area contributed by atoms with Crippen molar-refractivity contribution in [2.75, 3.05) is 33.5 Å². The minimum Gasteiger partial charge on any atom is -0.505 e. The predicted molar refractivity (Wildman–Crippen MR) is 139 cm³/mol. The summed E-state index contributed by atoms with van der Waals surface area (Å²) in [5, 5.41) is 11.5. The molecule has 0 aliphatic carbocycles. The molecule has 9 heteroatoms. The van der Waals surface area contributed by atoms with Crippen LogP contribution in [0.25, 0.3) is 11.4 Å². The molecule has 1 amide bonds. The minimum absolute atomic E-state index is 0.00168. The summed E-state index contributed by atoms with van der Waals surface area (Å²) in [5.74, 6) is -0.656. The van der Waals surface area contributed by atoms with Gasteiger partial charge in [0, 0.05) is 26.5 Å². The van der Waals surface area contributed by atoms with Gasteiger partial charge in [0.15, 0.2) is 17.3 Å². The Kier molecular flexibility index (Phi) is 7.83. The molecule has 1 N–H and O–H groups in total. The van der Waals surface area contributed by atoms with Gasteiger partial charge in [0.1, 0.15) is 11.3 Å². The average Bonchev–Trinajstić information content (AvgIpc) is 3.35. The van der Waals surface area contributed by atoms with Crippen molar-refractivity contribution >= 4 is 23.1 Å². The van der Waals surface area contributed by atoms with Crippen molar-refractivity contribution in [3.8, 4) is 11.5 Å². The number of Topliss-reactive ketones (excluding diaryl/α,β-unsaturated/α-hetero) is 1. The molecular weight excluding hydrogens is 474 g/mol. The van der Waals surface area contributed by atoms with Crippen LogP contribution in [0.15, 0.2) is 42.1 Å². The monoisotopic (exact) mass is 507 g/mol. The minimum atomic E-state index is -0.822. The Labute approximate surface area is 216 Å². The van der Waals surface area contributed by atoms with Crippen LogP contribution in [0.5, 0.6) is 11.5 Å². The molecule has 3 aromatic rings. The van der Waals surface area contributed by atoms with Crippen molar-refractivity contribution in [1.29, 1.82) is 0 Å². The highest BCUT2D eigenvalue weighted by Crippen LogP contribution is 2.42. The van der Waals surface area contributed by atoms with Crippen molar-refractivity contribution in [3.63, 3.8) is 0 Å². The molecule has 3 heterocycles. The number of hydrogen-bond acceptors (Lipinski definition) is 7. The number of amides is 1. The molecule has 0 spiro atoms. The maximum atomic E-state index is 13.4. The van der Waals surface area contributed by atoms with Crippen LogP contribution in [0.3, 0.4) is 0 Å². The topological polar surface area (TPSA) is 103 Å². The fourth-order valence-corrected chi connectivity index (χ4v) is 4.75. The molecule has 1 unspecified atom stereocenters. The Balaban J connectivity index is 1.91. The number of ketones is 1. The predicted octanol–water partition coefficient (Wildman–Crippen LogP) is 4.21. The van der Waals surface area contributed by atoms with E-state index in [4.69, 9.17) is 14.2 Å². The first kappa shape index (κ1) is 26.2. The number of aromatic nitrogens is 2. The van der Waals surface area contributed by atoms with Crippen molar-refractivity contribution in [2.45, 2.75) is 40.2 Å². The number of hydrogen-bond donors (Lipinski definition) is 1. The number of pyridine rings is 1. The van der Waals surface area contributed by atoms with Crippen LogP contribution in [-0.4, -0.2) is 64.6 Å². The van der Waals surface area contributed by atoms with Crippen LogP contribution in [0.4, 0.5) is 0 Å². The van der Waals surface area contributed by atoms with Crippen LogP contribution >= 0.6 is 0 Å². The van der Waals surface area contributed by atoms with Crippen LogP contribution in [-0.2, 0) is 14.3 Å². The third-order valence-electron chi connectivity index (χ3n) is 6.48. The molecule has 196 valence electrons. The van der Waals surface area contributed by atoms with E-state index < -0.39 is 17.7 Å². The number of aryl methyl sites for hydroxylation is 2. The third-order valence-corrected chi connectivity index (χ3v) is 6.48. The zero-order valence-corrected chi connectivity index (χ0v) is 21.9. The van der Waals surface area contributed by atoms with Gasteiger partial charge in [0.25, 0.3) is 11.7 Å². The molecule has 9 nitrogen and oxygen atoms in total. The van der Waals surface area contributed by atoms with Gasteiger partial charge in [-0.05, 0) is 63.4 Å². The van der Waals surface area contributed by atoms with Crippen molar-refractivity contribution in [2.24, 2.45) is 0 Å². The van der Waals surface area contributed by atoms with Crippen LogP contribution < -0.4 is 9.47 Å². The lowest BCUT2D eigenvalue weighted by atomic mass is 9.96. The SMILES string of the molecule is CCOc1ccc(C2/C(=C(\O)c3nc4c(C)cccn4c3C)C(=O)C(=O)N2CCCOC)cc1OCC. The number of benzene rings is 1. The van der Waals surface area contributed by atoms with Crippen molar-refractivity contribution < 1.29 is 28.9 Å². The largest absolute Gasteiger partial charge is 0.505 e. The van der Waals surface area contributed by atoms with Gasteiger partial charge >= 0.3 is 0 Å².